The Labute approximate surface area is 133 Å². The van der Waals surface area contributed by atoms with Crippen LogP contribution in [0.1, 0.15) is 5.69 Å². The van der Waals surface area contributed by atoms with E-state index in [1.165, 1.54) is 31.2 Å². The molecule has 0 bridgehead atoms. The summed E-state index contributed by atoms with van der Waals surface area (Å²) in [6, 6.07) is 5.55. The maximum Gasteiger partial charge on any atom is 0.294 e. The number of anilines is 1. The quantitative estimate of drug-likeness (QED) is 0.343. The molecular weight excluding hydrogens is 324 g/mol. The SMILES string of the molecule is Cc1nnc(SCC(=O)Nc2cccc([N+](=O)[O-])c2)n(N)c1=O. The third kappa shape index (κ3) is 4.03. The number of non-ortho nitro benzene ring substituents is 1. The molecule has 23 heavy (non-hydrogen) atoms. The fourth-order valence-electron chi connectivity index (χ4n) is 1.59. The summed E-state index contributed by atoms with van der Waals surface area (Å²) < 4.78 is 0.813. The van der Waals surface area contributed by atoms with Gasteiger partial charge in [-0.2, -0.15) is 4.68 Å². The van der Waals surface area contributed by atoms with E-state index >= 15 is 0 Å². The van der Waals surface area contributed by atoms with Crippen molar-refractivity contribution in [3.8, 4) is 0 Å². The number of nitrogens with zero attached hydrogens (tertiary/aromatic N) is 4. The van der Waals surface area contributed by atoms with Gasteiger partial charge in [-0.25, -0.2) is 0 Å². The Morgan fingerprint density at radius 1 is 1.48 bits per heavy atom. The second kappa shape index (κ2) is 6.87. The molecule has 1 amide bonds. The van der Waals surface area contributed by atoms with Crippen molar-refractivity contribution in [3.63, 3.8) is 0 Å². The average molecular weight is 336 g/mol. The van der Waals surface area contributed by atoms with Crippen LogP contribution in [-0.2, 0) is 4.79 Å². The van der Waals surface area contributed by atoms with E-state index in [2.05, 4.69) is 15.5 Å². The monoisotopic (exact) mass is 336 g/mol. The smallest absolute Gasteiger partial charge is 0.294 e. The molecule has 2 aromatic rings. The van der Waals surface area contributed by atoms with Crippen molar-refractivity contribution in [3.05, 3.63) is 50.4 Å². The third-order valence-electron chi connectivity index (χ3n) is 2.69. The van der Waals surface area contributed by atoms with E-state index in [-0.39, 0.29) is 22.3 Å². The summed E-state index contributed by atoms with van der Waals surface area (Å²) >= 11 is 0.926. The zero-order valence-corrected chi connectivity index (χ0v) is 12.7. The number of nitro benzene ring substituents is 1. The Hall–Kier alpha value is -2.95. The number of aryl methyl sites for hydroxylation is 1. The van der Waals surface area contributed by atoms with Crippen molar-refractivity contribution in [1.29, 1.82) is 0 Å². The molecular formula is C12H12N6O4S. The van der Waals surface area contributed by atoms with Crippen LogP contribution in [0.25, 0.3) is 0 Å². The van der Waals surface area contributed by atoms with Gasteiger partial charge >= 0.3 is 0 Å². The average Bonchev–Trinajstić information content (AvgIpc) is 2.52. The number of nitrogen functional groups attached to an aromatic ring is 1. The number of benzene rings is 1. The number of nitrogens with two attached hydrogens (primary N) is 1. The topological polar surface area (TPSA) is 146 Å². The summed E-state index contributed by atoms with van der Waals surface area (Å²) in [5, 5.41) is 20.7. The number of amides is 1. The molecule has 0 radical (unpaired) electrons. The highest BCUT2D eigenvalue weighted by molar-refractivity contribution is 7.99. The molecule has 1 heterocycles. The summed E-state index contributed by atoms with van der Waals surface area (Å²) in [5.41, 5.74) is -0.180. The number of hydrogen-bond acceptors (Lipinski definition) is 8. The highest BCUT2D eigenvalue weighted by Gasteiger charge is 2.12. The molecule has 0 unspecified atom stereocenters. The predicted molar refractivity (Wildman–Crippen MR) is 83.6 cm³/mol. The zero-order chi connectivity index (χ0) is 17.0. The fraction of sp³-hybridized carbons (Fsp3) is 0.167. The second-order valence-corrected chi connectivity index (χ2v) is 5.33. The minimum Gasteiger partial charge on any atom is -0.334 e. The summed E-state index contributed by atoms with van der Waals surface area (Å²) in [7, 11) is 0. The normalized spacial score (nSPS) is 10.3. The first-order valence-corrected chi connectivity index (χ1v) is 7.25. The van der Waals surface area contributed by atoms with E-state index in [1.54, 1.807) is 0 Å². The van der Waals surface area contributed by atoms with E-state index in [0.717, 1.165) is 16.4 Å². The predicted octanol–water partition coefficient (Wildman–Crippen LogP) is 0.300. The lowest BCUT2D eigenvalue weighted by Gasteiger charge is -2.07. The van der Waals surface area contributed by atoms with Gasteiger partial charge in [0.05, 0.1) is 10.7 Å². The van der Waals surface area contributed by atoms with Crippen LogP contribution >= 0.6 is 11.8 Å². The molecule has 0 saturated carbocycles. The van der Waals surface area contributed by atoms with Gasteiger partial charge in [-0.05, 0) is 13.0 Å². The van der Waals surface area contributed by atoms with Crippen LogP contribution < -0.4 is 16.7 Å². The molecule has 2 rings (SSSR count). The van der Waals surface area contributed by atoms with Crippen LogP contribution in [-0.4, -0.2) is 31.5 Å². The van der Waals surface area contributed by atoms with Crippen molar-refractivity contribution < 1.29 is 9.72 Å². The Balaban J connectivity index is 2.01. The molecule has 0 fully saturated rings. The number of carbonyl (C=O) groups excluding carboxylic acids is 1. The van der Waals surface area contributed by atoms with Gasteiger partial charge in [0.1, 0.15) is 5.69 Å². The van der Waals surface area contributed by atoms with Crippen LogP contribution in [0.4, 0.5) is 11.4 Å². The maximum atomic E-state index is 11.9. The first-order chi connectivity index (χ1) is 10.9. The molecule has 11 heteroatoms. The molecule has 1 aromatic carbocycles. The third-order valence-corrected chi connectivity index (χ3v) is 3.64. The van der Waals surface area contributed by atoms with Crippen molar-refractivity contribution >= 4 is 29.0 Å². The number of rotatable bonds is 5. The highest BCUT2D eigenvalue weighted by Crippen LogP contribution is 2.18. The van der Waals surface area contributed by atoms with E-state index in [1.807, 2.05) is 0 Å². The van der Waals surface area contributed by atoms with Crippen LogP contribution in [0.5, 0.6) is 0 Å². The van der Waals surface area contributed by atoms with Crippen LogP contribution in [0.2, 0.25) is 0 Å². The highest BCUT2D eigenvalue weighted by atomic mass is 32.2. The number of nitro groups is 1. The molecule has 0 saturated heterocycles. The maximum absolute atomic E-state index is 11.9. The molecule has 3 N–H and O–H groups in total. The number of aromatic nitrogens is 3. The van der Waals surface area contributed by atoms with Crippen molar-refractivity contribution in [2.75, 3.05) is 16.9 Å². The lowest BCUT2D eigenvalue weighted by Crippen LogP contribution is -2.32. The zero-order valence-electron chi connectivity index (χ0n) is 11.9. The lowest BCUT2D eigenvalue weighted by molar-refractivity contribution is -0.384. The van der Waals surface area contributed by atoms with Crippen LogP contribution in [0.3, 0.4) is 0 Å². The van der Waals surface area contributed by atoms with Crippen LogP contribution in [0.15, 0.2) is 34.2 Å². The Morgan fingerprint density at radius 3 is 2.91 bits per heavy atom. The standard InChI is InChI=1S/C12H12N6O4S/c1-7-11(20)17(13)12(16-15-7)23-6-10(19)14-8-3-2-4-9(5-8)18(21)22/h2-5H,6,13H2,1H3,(H,14,19). The molecule has 10 nitrogen and oxygen atoms in total. The first-order valence-electron chi connectivity index (χ1n) is 6.27. The summed E-state index contributed by atoms with van der Waals surface area (Å²) in [4.78, 5) is 33.6. The minimum atomic E-state index is -0.556. The summed E-state index contributed by atoms with van der Waals surface area (Å²) in [6.07, 6.45) is 0. The molecule has 120 valence electrons. The molecule has 0 aliphatic heterocycles. The molecule has 0 aliphatic rings. The number of hydrogen-bond donors (Lipinski definition) is 2. The van der Waals surface area contributed by atoms with E-state index < -0.39 is 16.4 Å². The van der Waals surface area contributed by atoms with Gasteiger partial charge < -0.3 is 11.2 Å². The largest absolute Gasteiger partial charge is 0.334 e. The number of thioether (sulfide) groups is 1. The van der Waals surface area contributed by atoms with E-state index in [9.17, 15) is 19.7 Å². The van der Waals surface area contributed by atoms with Gasteiger partial charge in [0.2, 0.25) is 11.1 Å². The van der Waals surface area contributed by atoms with Gasteiger partial charge in [-0.3, -0.25) is 19.7 Å². The van der Waals surface area contributed by atoms with Crippen LogP contribution in [0, 0.1) is 17.0 Å². The van der Waals surface area contributed by atoms with Gasteiger partial charge in [0.25, 0.3) is 11.2 Å². The van der Waals surface area contributed by atoms with Gasteiger partial charge in [0.15, 0.2) is 0 Å². The summed E-state index contributed by atoms with van der Waals surface area (Å²) in [5.74, 6) is 5.04. The Bertz CT molecular complexity index is 821. The molecule has 0 spiro atoms. The van der Waals surface area contributed by atoms with Crippen molar-refractivity contribution in [2.45, 2.75) is 12.1 Å². The molecule has 0 aliphatic carbocycles. The van der Waals surface area contributed by atoms with Gasteiger partial charge in [-0.15, -0.1) is 10.2 Å². The lowest BCUT2D eigenvalue weighted by atomic mass is 10.3. The van der Waals surface area contributed by atoms with E-state index in [4.69, 9.17) is 5.84 Å². The van der Waals surface area contributed by atoms with Gasteiger partial charge in [-0.1, -0.05) is 17.8 Å². The number of carbonyl (C=O) groups is 1. The Kier molecular flexibility index (Phi) is 4.91. The minimum absolute atomic E-state index is 0.0862. The summed E-state index contributed by atoms with van der Waals surface area (Å²) in [6.45, 7) is 1.47. The number of nitrogens with one attached hydrogen (secondary N) is 1. The fourth-order valence-corrected chi connectivity index (χ4v) is 2.25. The second-order valence-electron chi connectivity index (χ2n) is 4.39. The molecule has 1 aromatic heterocycles. The first kappa shape index (κ1) is 16.4. The molecule has 0 atom stereocenters. The van der Waals surface area contributed by atoms with Crippen molar-refractivity contribution in [2.24, 2.45) is 0 Å². The van der Waals surface area contributed by atoms with Gasteiger partial charge in [0, 0.05) is 17.8 Å². The Morgan fingerprint density at radius 2 is 2.22 bits per heavy atom. The van der Waals surface area contributed by atoms with Crippen molar-refractivity contribution in [1.82, 2.24) is 14.9 Å². The van der Waals surface area contributed by atoms with E-state index in [0.29, 0.717) is 5.69 Å².